The summed E-state index contributed by atoms with van der Waals surface area (Å²) in [5.41, 5.74) is 7.57. The van der Waals surface area contributed by atoms with Crippen LogP contribution in [0.5, 0.6) is 0 Å². The molecule has 20 heavy (non-hydrogen) atoms. The van der Waals surface area contributed by atoms with E-state index in [1.165, 1.54) is 0 Å². The van der Waals surface area contributed by atoms with E-state index >= 15 is 0 Å². The molecule has 1 atom stereocenters. The molecule has 0 heterocycles. The SMILES string of the molecule is CC(N(C)CC(=O)Nc1ccccc1CN)C(C)(C)C. The molecule has 0 aliphatic heterocycles. The van der Waals surface area contributed by atoms with E-state index in [0.29, 0.717) is 19.1 Å². The summed E-state index contributed by atoms with van der Waals surface area (Å²) < 4.78 is 0. The number of amides is 1. The number of carbonyl (C=O) groups excluding carboxylic acids is 1. The Morgan fingerprint density at radius 2 is 1.95 bits per heavy atom. The quantitative estimate of drug-likeness (QED) is 0.869. The molecule has 0 bridgehead atoms. The van der Waals surface area contributed by atoms with Crippen molar-refractivity contribution in [2.45, 2.75) is 40.3 Å². The second-order valence-corrected chi connectivity index (χ2v) is 6.37. The molecule has 3 N–H and O–H groups in total. The van der Waals surface area contributed by atoms with Crippen LogP contribution in [0.25, 0.3) is 0 Å². The number of nitrogens with one attached hydrogen (secondary N) is 1. The molecule has 1 aromatic carbocycles. The summed E-state index contributed by atoms with van der Waals surface area (Å²) in [6, 6.07) is 7.95. The Morgan fingerprint density at radius 1 is 1.35 bits per heavy atom. The molecule has 0 radical (unpaired) electrons. The highest BCUT2D eigenvalue weighted by molar-refractivity contribution is 5.93. The van der Waals surface area contributed by atoms with Crippen molar-refractivity contribution >= 4 is 11.6 Å². The lowest BCUT2D eigenvalue weighted by Gasteiger charge is -2.34. The Labute approximate surface area is 122 Å². The number of rotatable bonds is 5. The molecule has 0 aliphatic rings. The summed E-state index contributed by atoms with van der Waals surface area (Å²) in [6.07, 6.45) is 0. The van der Waals surface area contributed by atoms with Crippen molar-refractivity contribution in [2.24, 2.45) is 11.1 Å². The van der Waals surface area contributed by atoms with Crippen LogP contribution in [0.4, 0.5) is 5.69 Å². The van der Waals surface area contributed by atoms with E-state index in [4.69, 9.17) is 5.73 Å². The normalized spacial score (nSPS) is 13.3. The second kappa shape index (κ2) is 6.86. The first-order valence-corrected chi connectivity index (χ1v) is 7.03. The Bertz CT molecular complexity index is 451. The number of para-hydroxylation sites is 1. The lowest BCUT2D eigenvalue weighted by Crippen LogP contribution is -2.43. The molecule has 1 aromatic rings. The molecule has 0 fully saturated rings. The average Bonchev–Trinajstić information content (AvgIpc) is 2.37. The zero-order valence-electron chi connectivity index (χ0n) is 13.2. The second-order valence-electron chi connectivity index (χ2n) is 6.37. The predicted molar refractivity (Wildman–Crippen MR) is 84.5 cm³/mol. The number of nitrogens with zero attached hydrogens (tertiary/aromatic N) is 1. The third-order valence-corrected chi connectivity index (χ3v) is 3.82. The summed E-state index contributed by atoms with van der Waals surface area (Å²) in [5.74, 6) is -0.00972. The van der Waals surface area contributed by atoms with Crippen LogP contribution >= 0.6 is 0 Å². The van der Waals surface area contributed by atoms with Gasteiger partial charge < -0.3 is 11.1 Å². The number of nitrogens with two attached hydrogens (primary N) is 1. The average molecular weight is 277 g/mol. The minimum Gasteiger partial charge on any atom is -0.326 e. The molecule has 112 valence electrons. The molecule has 0 aliphatic carbocycles. The number of carbonyl (C=O) groups is 1. The number of benzene rings is 1. The summed E-state index contributed by atoms with van der Waals surface area (Å²) in [6.45, 7) is 9.46. The zero-order valence-corrected chi connectivity index (χ0v) is 13.2. The van der Waals surface area contributed by atoms with Gasteiger partial charge in [0.2, 0.25) is 5.91 Å². The van der Waals surface area contributed by atoms with Crippen LogP contribution in [-0.4, -0.2) is 30.4 Å². The first-order valence-electron chi connectivity index (χ1n) is 7.03. The Kier molecular flexibility index (Phi) is 5.72. The first kappa shape index (κ1) is 16.7. The number of anilines is 1. The van der Waals surface area contributed by atoms with Gasteiger partial charge in [0.1, 0.15) is 0 Å². The van der Waals surface area contributed by atoms with Gasteiger partial charge in [-0.05, 0) is 31.0 Å². The molecule has 0 spiro atoms. The van der Waals surface area contributed by atoms with E-state index in [9.17, 15) is 4.79 Å². The summed E-state index contributed by atoms with van der Waals surface area (Å²) in [4.78, 5) is 14.2. The third-order valence-electron chi connectivity index (χ3n) is 3.82. The molecule has 4 heteroatoms. The van der Waals surface area contributed by atoms with Crippen molar-refractivity contribution in [1.82, 2.24) is 4.90 Å². The molecule has 1 rings (SSSR count). The van der Waals surface area contributed by atoms with E-state index in [1.54, 1.807) is 0 Å². The van der Waals surface area contributed by atoms with Gasteiger partial charge in [0.05, 0.1) is 6.54 Å². The number of hydrogen-bond donors (Lipinski definition) is 2. The Balaban J connectivity index is 2.64. The summed E-state index contributed by atoms with van der Waals surface area (Å²) in [7, 11) is 1.98. The fourth-order valence-electron chi connectivity index (χ4n) is 2.03. The zero-order chi connectivity index (χ0) is 15.3. The van der Waals surface area contributed by atoms with Gasteiger partial charge in [-0.1, -0.05) is 39.0 Å². The maximum atomic E-state index is 12.1. The van der Waals surface area contributed by atoms with E-state index < -0.39 is 0 Å². The highest BCUT2D eigenvalue weighted by Gasteiger charge is 2.25. The molecule has 0 saturated carbocycles. The maximum Gasteiger partial charge on any atom is 0.238 e. The van der Waals surface area contributed by atoms with Gasteiger partial charge in [0.25, 0.3) is 0 Å². The van der Waals surface area contributed by atoms with Crippen LogP contribution in [0.15, 0.2) is 24.3 Å². The lowest BCUT2D eigenvalue weighted by molar-refractivity contribution is -0.117. The third kappa shape index (κ3) is 4.62. The number of hydrogen-bond acceptors (Lipinski definition) is 3. The van der Waals surface area contributed by atoms with Crippen molar-refractivity contribution in [2.75, 3.05) is 18.9 Å². The standard InChI is InChI=1S/C16H27N3O/c1-12(16(2,3)4)19(5)11-15(20)18-14-9-7-6-8-13(14)10-17/h6-9,12H,10-11,17H2,1-5H3,(H,18,20). The summed E-state index contributed by atoms with van der Waals surface area (Å²) in [5, 5.41) is 2.94. The van der Waals surface area contributed by atoms with Crippen molar-refractivity contribution in [3.63, 3.8) is 0 Å². The number of likely N-dealkylation sites (N-methyl/N-ethyl adjacent to an activating group) is 1. The van der Waals surface area contributed by atoms with Crippen LogP contribution in [-0.2, 0) is 11.3 Å². The van der Waals surface area contributed by atoms with E-state index in [1.807, 2.05) is 31.3 Å². The van der Waals surface area contributed by atoms with E-state index in [2.05, 4.69) is 37.9 Å². The van der Waals surface area contributed by atoms with Crippen LogP contribution in [0, 0.1) is 5.41 Å². The van der Waals surface area contributed by atoms with E-state index in [-0.39, 0.29) is 11.3 Å². The molecular weight excluding hydrogens is 250 g/mol. The van der Waals surface area contributed by atoms with Crippen LogP contribution in [0.1, 0.15) is 33.3 Å². The topological polar surface area (TPSA) is 58.4 Å². The molecule has 0 aromatic heterocycles. The Morgan fingerprint density at radius 3 is 2.50 bits per heavy atom. The van der Waals surface area contributed by atoms with E-state index in [0.717, 1.165) is 11.3 Å². The fourth-order valence-corrected chi connectivity index (χ4v) is 2.03. The molecule has 1 amide bonds. The first-order chi connectivity index (χ1) is 9.25. The minimum atomic E-state index is -0.00972. The van der Waals surface area contributed by atoms with Gasteiger partial charge in [-0.25, -0.2) is 0 Å². The van der Waals surface area contributed by atoms with Crippen molar-refractivity contribution < 1.29 is 4.79 Å². The molecule has 1 unspecified atom stereocenters. The highest BCUT2D eigenvalue weighted by atomic mass is 16.2. The lowest BCUT2D eigenvalue weighted by atomic mass is 9.87. The molecular formula is C16H27N3O. The van der Waals surface area contributed by atoms with Crippen molar-refractivity contribution in [3.05, 3.63) is 29.8 Å². The van der Waals surface area contributed by atoms with Gasteiger partial charge >= 0.3 is 0 Å². The van der Waals surface area contributed by atoms with Crippen molar-refractivity contribution in [3.8, 4) is 0 Å². The fraction of sp³-hybridized carbons (Fsp3) is 0.562. The molecule has 0 saturated heterocycles. The smallest absolute Gasteiger partial charge is 0.238 e. The minimum absolute atomic E-state index is 0.00972. The molecule has 4 nitrogen and oxygen atoms in total. The van der Waals surface area contributed by atoms with Crippen molar-refractivity contribution in [1.29, 1.82) is 0 Å². The maximum absolute atomic E-state index is 12.1. The van der Waals surface area contributed by atoms with Crippen LogP contribution in [0.3, 0.4) is 0 Å². The summed E-state index contributed by atoms with van der Waals surface area (Å²) >= 11 is 0. The van der Waals surface area contributed by atoms with Gasteiger partial charge in [-0.2, -0.15) is 0 Å². The van der Waals surface area contributed by atoms with Gasteiger partial charge in [-0.3, -0.25) is 9.69 Å². The van der Waals surface area contributed by atoms with Crippen LogP contribution < -0.4 is 11.1 Å². The van der Waals surface area contributed by atoms with Gasteiger partial charge in [0.15, 0.2) is 0 Å². The Hall–Kier alpha value is -1.39. The highest BCUT2D eigenvalue weighted by Crippen LogP contribution is 2.23. The monoisotopic (exact) mass is 277 g/mol. The van der Waals surface area contributed by atoms with Gasteiger partial charge in [0, 0.05) is 18.3 Å². The van der Waals surface area contributed by atoms with Crippen LogP contribution in [0.2, 0.25) is 0 Å². The predicted octanol–water partition coefficient (Wildman–Crippen LogP) is 2.45. The largest absolute Gasteiger partial charge is 0.326 e. The van der Waals surface area contributed by atoms with Gasteiger partial charge in [-0.15, -0.1) is 0 Å².